The Labute approximate surface area is 180 Å². The third kappa shape index (κ3) is 10.8. The average Bonchev–Trinajstić information content (AvgIpc) is 2.62. The van der Waals surface area contributed by atoms with Crippen molar-refractivity contribution in [2.45, 2.75) is 43.4 Å². The van der Waals surface area contributed by atoms with Gasteiger partial charge in [-0.3, -0.25) is 28.8 Å². The number of rotatable bonds is 14. The number of hydrogen-bond donors (Lipinski definition) is 9. The van der Waals surface area contributed by atoms with E-state index in [0.29, 0.717) is 0 Å². The maximum Gasteiger partial charge on any atom is 0.326 e. The molecule has 4 amide bonds. The van der Waals surface area contributed by atoms with Gasteiger partial charge in [-0.2, -0.15) is 12.6 Å². The van der Waals surface area contributed by atoms with Crippen molar-refractivity contribution in [2.24, 2.45) is 11.5 Å². The highest BCUT2D eigenvalue weighted by atomic mass is 32.1. The van der Waals surface area contributed by atoms with Gasteiger partial charge >= 0.3 is 17.9 Å². The van der Waals surface area contributed by atoms with Gasteiger partial charge in [0, 0.05) is 5.75 Å². The zero-order valence-corrected chi connectivity index (χ0v) is 16.8. The molecule has 0 saturated heterocycles. The molecule has 0 aliphatic rings. The quantitative estimate of drug-likeness (QED) is 0.110. The third-order valence-electron chi connectivity index (χ3n) is 3.58. The van der Waals surface area contributed by atoms with Crippen molar-refractivity contribution in [1.29, 1.82) is 0 Å². The van der Waals surface area contributed by atoms with E-state index in [1.54, 1.807) is 0 Å². The molecule has 4 unspecified atom stereocenters. The van der Waals surface area contributed by atoms with Crippen LogP contribution in [0.1, 0.15) is 19.3 Å². The molecule has 0 fully saturated rings. The monoisotopic (exact) mass is 465 g/mol. The predicted molar refractivity (Wildman–Crippen MR) is 104 cm³/mol. The van der Waals surface area contributed by atoms with E-state index in [0.717, 1.165) is 0 Å². The van der Waals surface area contributed by atoms with Gasteiger partial charge in [0.15, 0.2) is 0 Å². The van der Waals surface area contributed by atoms with Crippen molar-refractivity contribution in [3.8, 4) is 0 Å². The van der Waals surface area contributed by atoms with Gasteiger partial charge in [0.25, 0.3) is 0 Å². The highest BCUT2D eigenvalue weighted by Crippen LogP contribution is 2.01. The maximum absolute atomic E-state index is 12.4. The molecule has 0 rings (SSSR count). The molecule has 0 bridgehead atoms. The first-order valence-corrected chi connectivity index (χ1v) is 9.13. The Hall–Kier alpha value is -3.40. The Kier molecular flexibility index (Phi) is 11.6. The van der Waals surface area contributed by atoms with Gasteiger partial charge < -0.3 is 42.7 Å². The smallest absolute Gasteiger partial charge is 0.326 e. The fourth-order valence-corrected chi connectivity index (χ4v) is 2.34. The van der Waals surface area contributed by atoms with E-state index >= 15 is 0 Å². The summed E-state index contributed by atoms with van der Waals surface area (Å²) in [6.45, 7) is 0. The first-order chi connectivity index (χ1) is 14.3. The molecule has 0 saturated carbocycles. The minimum atomic E-state index is -1.88. The summed E-state index contributed by atoms with van der Waals surface area (Å²) in [6, 6.07) is -6.48. The van der Waals surface area contributed by atoms with E-state index in [9.17, 15) is 33.6 Å². The van der Waals surface area contributed by atoms with Gasteiger partial charge in [0.05, 0.1) is 25.3 Å². The van der Waals surface area contributed by atoms with Gasteiger partial charge in [-0.05, 0) is 0 Å². The summed E-state index contributed by atoms with van der Waals surface area (Å²) in [4.78, 5) is 80.1. The molecule has 0 aromatic carbocycles. The summed E-state index contributed by atoms with van der Waals surface area (Å²) in [6.07, 6.45) is -2.50. The zero-order valence-electron chi connectivity index (χ0n) is 15.9. The summed E-state index contributed by atoms with van der Waals surface area (Å²) >= 11 is 3.86. The second kappa shape index (κ2) is 13.0. The molecule has 10 N–H and O–H groups in total. The third-order valence-corrected chi connectivity index (χ3v) is 3.94. The standard InChI is InChI=1S/C15H23N5O10S/c16-5(1-9(17)21)12(26)20-8(4-31)14(28)18-6(2-10(22)23)13(27)19-7(15(29)30)3-11(24)25/h5-8,31H,1-4,16H2,(H2,17,21)(H,18,28)(H,19,27)(H,20,26)(H,22,23)(H,24,25)(H,29,30). The van der Waals surface area contributed by atoms with E-state index in [1.165, 1.54) is 0 Å². The van der Waals surface area contributed by atoms with Crippen molar-refractivity contribution >= 4 is 54.2 Å². The number of nitrogens with one attached hydrogen (secondary N) is 3. The molecule has 0 aromatic rings. The predicted octanol–water partition coefficient (Wildman–Crippen LogP) is -4.39. The molecule has 0 aromatic heterocycles. The molecule has 15 nitrogen and oxygen atoms in total. The lowest BCUT2D eigenvalue weighted by molar-refractivity contribution is -0.148. The van der Waals surface area contributed by atoms with E-state index in [-0.39, 0.29) is 5.75 Å². The molecule has 16 heteroatoms. The highest BCUT2D eigenvalue weighted by molar-refractivity contribution is 7.80. The van der Waals surface area contributed by atoms with Crippen LogP contribution in [0.2, 0.25) is 0 Å². The van der Waals surface area contributed by atoms with Gasteiger partial charge in [0.2, 0.25) is 23.6 Å². The number of carboxylic acids is 3. The van der Waals surface area contributed by atoms with Crippen molar-refractivity contribution in [1.82, 2.24) is 16.0 Å². The minimum absolute atomic E-state index is 0.320. The van der Waals surface area contributed by atoms with Crippen molar-refractivity contribution in [3.63, 3.8) is 0 Å². The first kappa shape index (κ1) is 27.6. The Balaban J connectivity index is 5.32. The molecule has 0 aliphatic carbocycles. The van der Waals surface area contributed by atoms with E-state index in [4.69, 9.17) is 26.8 Å². The van der Waals surface area contributed by atoms with Crippen LogP contribution in [-0.4, -0.2) is 86.8 Å². The lowest BCUT2D eigenvalue weighted by atomic mass is 10.1. The van der Waals surface area contributed by atoms with Crippen LogP contribution in [0.5, 0.6) is 0 Å². The lowest BCUT2D eigenvalue weighted by Gasteiger charge is -2.23. The second-order valence-electron chi connectivity index (χ2n) is 6.18. The fraction of sp³-hybridized carbons (Fsp3) is 0.533. The SMILES string of the molecule is NC(=O)CC(N)C(=O)NC(CS)C(=O)NC(CC(=O)O)C(=O)NC(CC(=O)O)C(=O)O. The minimum Gasteiger partial charge on any atom is -0.481 e. The van der Waals surface area contributed by atoms with Crippen molar-refractivity contribution < 1.29 is 48.9 Å². The number of carbonyl (C=O) groups excluding carboxylic acids is 4. The Morgan fingerprint density at radius 2 is 1.13 bits per heavy atom. The fourth-order valence-electron chi connectivity index (χ4n) is 2.09. The van der Waals surface area contributed by atoms with Crippen molar-refractivity contribution in [2.75, 3.05) is 5.75 Å². The Morgan fingerprint density at radius 3 is 1.55 bits per heavy atom. The number of carboxylic acid groups (broad SMARTS) is 3. The Morgan fingerprint density at radius 1 is 0.710 bits per heavy atom. The van der Waals surface area contributed by atoms with E-state index in [2.05, 4.69) is 17.9 Å². The molecule has 174 valence electrons. The van der Waals surface area contributed by atoms with Crippen LogP contribution in [-0.2, 0) is 33.6 Å². The molecular weight excluding hydrogens is 442 g/mol. The van der Waals surface area contributed by atoms with Crippen LogP contribution in [0.3, 0.4) is 0 Å². The highest BCUT2D eigenvalue weighted by Gasteiger charge is 2.32. The number of amides is 4. The molecule has 4 atom stereocenters. The van der Waals surface area contributed by atoms with Crippen LogP contribution in [0.25, 0.3) is 0 Å². The number of carbonyl (C=O) groups is 7. The largest absolute Gasteiger partial charge is 0.481 e. The van der Waals surface area contributed by atoms with Crippen molar-refractivity contribution in [3.05, 3.63) is 0 Å². The normalized spacial score (nSPS) is 14.3. The molecule has 0 radical (unpaired) electrons. The summed E-state index contributed by atoms with van der Waals surface area (Å²) in [7, 11) is 0. The van der Waals surface area contributed by atoms with Crippen LogP contribution in [0.4, 0.5) is 0 Å². The lowest BCUT2D eigenvalue weighted by Crippen LogP contribution is -2.58. The number of nitrogens with two attached hydrogens (primary N) is 2. The van der Waals surface area contributed by atoms with Gasteiger partial charge in [-0.1, -0.05) is 0 Å². The maximum atomic E-state index is 12.4. The number of thiol groups is 1. The summed E-state index contributed by atoms with van der Waals surface area (Å²) in [5.74, 6) is -9.27. The molecule has 0 spiro atoms. The zero-order chi connectivity index (χ0) is 24.3. The van der Waals surface area contributed by atoms with Crippen LogP contribution in [0.15, 0.2) is 0 Å². The molecule has 31 heavy (non-hydrogen) atoms. The second-order valence-corrected chi connectivity index (χ2v) is 6.54. The van der Waals surface area contributed by atoms with Gasteiger partial charge in [-0.25, -0.2) is 4.79 Å². The number of primary amides is 1. The summed E-state index contributed by atoms with van der Waals surface area (Å²) < 4.78 is 0. The van der Waals surface area contributed by atoms with Crippen LogP contribution >= 0.6 is 12.6 Å². The summed E-state index contributed by atoms with van der Waals surface area (Å²) in [5, 5.41) is 32.6. The number of aliphatic carboxylic acids is 3. The molecule has 0 heterocycles. The Bertz CT molecular complexity index is 746. The molecular formula is C15H23N5O10S. The van der Waals surface area contributed by atoms with Crippen LogP contribution < -0.4 is 27.4 Å². The topological polar surface area (TPSA) is 268 Å². The first-order valence-electron chi connectivity index (χ1n) is 8.50. The van der Waals surface area contributed by atoms with E-state index < -0.39 is 85.0 Å². The number of hydrogen-bond acceptors (Lipinski definition) is 9. The van der Waals surface area contributed by atoms with Gasteiger partial charge in [-0.15, -0.1) is 0 Å². The van der Waals surface area contributed by atoms with Gasteiger partial charge in [0.1, 0.15) is 18.1 Å². The molecule has 0 aliphatic heterocycles. The van der Waals surface area contributed by atoms with E-state index in [1.807, 2.05) is 10.6 Å². The average molecular weight is 465 g/mol. The summed E-state index contributed by atoms with van der Waals surface area (Å²) in [5.41, 5.74) is 10.4. The van der Waals surface area contributed by atoms with Crippen LogP contribution in [0, 0.1) is 0 Å².